The van der Waals surface area contributed by atoms with Crippen molar-refractivity contribution in [2.24, 2.45) is 0 Å². The van der Waals surface area contributed by atoms with E-state index in [2.05, 4.69) is 37.1 Å². The minimum atomic E-state index is 0.384. The number of nitrogens with one attached hydrogen (secondary N) is 1. The van der Waals surface area contributed by atoms with Crippen molar-refractivity contribution < 1.29 is 4.74 Å². The molecule has 0 fully saturated rings. The Kier molecular flexibility index (Phi) is 5.13. The third-order valence-corrected chi connectivity index (χ3v) is 3.02. The van der Waals surface area contributed by atoms with Crippen LogP contribution in [0.15, 0.2) is 42.5 Å². The van der Waals surface area contributed by atoms with Crippen molar-refractivity contribution in [1.82, 2.24) is 10.3 Å². The van der Waals surface area contributed by atoms with Gasteiger partial charge in [0.1, 0.15) is 5.75 Å². The van der Waals surface area contributed by atoms with Crippen molar-refractivity contribution in [3.63, 3.8) is 0 Å². The van der Waals surface area contributed by atoms with Gasteiger partial charge in [-0.3, -0.25) is 0 Å². The molecule has 0 saturated carbocycles. The van der Waals surface area contributed by atoms with Crippen molar-refractivity contribution >= 4 is 0 Å². The predicted molar refractivity (Wildman–Crippen MR) is 82.2 cm³/mol. The van der Waals surface area contributed by atoms with Crippen molar-refractivity contribution in [2.75, 3.05) is 6.54 Å². The Bertz CT molecular complexity index is 538. The zero-order chi connectivity index (χ0) is 14.4. The van der Waals surface area contributed by atoms with Crippen LogP contribution in [0.4, 0.5) is 0 Å². The highest BCUT2D eigenvalue weighted by Crippen LogP contribution is 2.23. The molecule has 0 aliphatic heterocycles. The molecule has 0 bridgehead atoms. The minimum Gasteiger partial charge on any atom is -0.439 e. The summed E-state index contributed by atoms with van der Waals surface area (Å²) in [6.07, 6.45) is 0. The number of benzene rings is 1. The van der Waals surface area contributed by atoms with Crippen LogP contribution >= 0.6 is 0 Å². The molecule has 1 N–H and O–H groups in total. The molecule has 2 aromatic rings. The van der Waals surface area contributed by atoms with E-state index in [4.69, 9.17) is 4.74 Å². The molecule has 0 unspecified atom stereocenters. The van der Waals surface area contributed by atoms with Crippen LogP contribution in [0, 0.1) is 0 Å². The minimum absolute atomic E-state index is 0.384. The van der Waals surface area contributed by atoms with E-state index in [-0.39, 0.29) is 0 Å². The molecule has 20 heavy (non-hydrogen) atoms. The largest absolute Gasteiger partial charge is 0.439 e. The zero-order valence-electron chi connectivity index (χ0n) is 12.4. The number of nitrogens with zero attached hydrogens (tertiary/aromatic N) is 1. The predicted octanol–water partition coefficient (Wildman–Crippen LogP) is 4.11. The van der Waals surface area contributed by atoms with Gasteiger partial charge in [-0.1, -0.05) is 39.0 Å². The SMILES string of the molecule is CCNCc1cc(Oc2ccccc2)nc(C(C)C)c1. The molecule has 3 nitrogen and oxygen atoms in total. The summed E-state index contributed by atoms with van der Waals surface area (Å²) < 4.78 is 5.85. The van der Waals surface area contributed by atoms with Gasteiger partial charge in [0.25, 0.3) is 0 Å². The summed E-state index contributed by atoms with van der Waals surface area (Å²) in [7, 11) is 0. The van der Waals surface area contributed by atoms with Crippen molar-refractivity contribution in [3.05, 3.63) is 53.7 Å². The summed E-state index contributed by atoms with van der Waals surface area (Å²) in [5, 5.41) is 3.34. The maximum atomic E-state index is 5.85. The second-order valence-electron chi connectivity index (χ2n) is 5.09. The summed E-state index contributed by atoms with van der Waals surface area (Å²) in [6, 6.07) is 13.9. The normalized spacial score (nSPS) is 10.8. The van der Waals surface area contributed by atoms with E-state index >= 15 is 0 Å². The van der Waals surface area contributed by atoms with Crippen molar-refractivity contribution in [2.45, 2.75) is 33.2 Å². The number of hydrogen-bond donors (Lipinski definition) is 1. The topological polar surface area (TPSA) is 34.1 Å². The van der Waals surface area contributed by atoms with Crippen LogP contribution < -0.4 is 10.1 Å². The number of pyridine rings is 1. The Labute approximate surface area is 121 Å². The standard InChI is InChI=1S/C17H22N2O/c1-4-18-12-14-10-16(13(2)3)19-17(11-14)20-15-8-6-5-7-9-15/h5-11,13,18H,4,12H2,1-3H3. The van der Waals surface area contributed by atoms with Gasteiger partial charge in [0.15, 0.2) is 0 Å². The first-order valence-electron chi connectivity index (χ1n) is 7.13. The first kappa shape index (κ1) is 14.5. The lowest BCUT2D eigenvalue weighted by atomic mass is 10.1. The fourth-order valence-corrected chi connectivity index (χ4v) is 1.91. The Balaban J connectivity index is 2.24. The van der Waals surface area contributed by atoms with Crippen molar-refractivity contribution in [3.8, 4) is 11.6 Å². The van der Waals surface area contributed by atoms with Gasteiger partial charge in [-0.15, -0.1) is 0 Å². The van der Waals surface area contributed by atoms with E-state index in [0.29, 0.717) is 11.8 Å². The Morgan fingerprint density at radius 2 is 1.90 bits per heavy atom. The highest BCUT2D eigenvalue weighted by Gasteiger charge is 2.08. The van der Waals surface area contributed by atoms with E-state index < -0.39 is 0 Å². The summed E-state index contributed by atoms with van der Waals surface area (Å²) in [5.74, 6) is 1.86. The molecule has 0 radical (unpaired) electrons. The van der Waals surface area contributed by atoms with Crippen LogP contribution in [-0.2, 0) is 6.54 Å². The summed E-state index contributed by atoms with van der Waals surface area (Å²) in [4.78, 5) is 4.59. The van der Waals surface area contributed by atoms with Gasteiger partial charge in [-0.25, -0.2) is 4.98 Å². The lowest BCUT2D eigenvalue weighted by molar-refractivity contribution is 0.458. The molecule has 0 saturated heterocycles. The number of rotatable bonds is 6. The molecule has 0 aliphatic carbocycles. The summed E-state index contributed by atoms with van der Waals surface area (Å²) in [5.41, 5.74) is 2.27. The zero-order valence-corrected chi connectivity index (χ0v) is 12.4. The number of para-hydroxylation sites is 1. The van der Waals surface area contributed by atoms with E-state index in [1.807, 2.05) is 36.4 Å². The fourth-order valence-electron chi connectivity index (χ4n) is 1.91. The van der Waals surface area contributed by atoms with Crippen LogP contribution in [0.3, 0.4) is 0 Å². The molecule has 0 atom stereocenters. The molecule has 0 amide bonds. The maximum Gasteiger partial charge on any atom is 0.219 e. The van der Waals surface area contributed by atoms with E-state index in [1.165, 1.54) is 5.56 Å². The Morgan fingerprint density at radius 1 is 1.15 bits per heavy atom. The lowest BCUT2D eigenvalue weighted by Gasteiger charge is -2.12. The molecule has 1 heterocycles. The molecule has 106 valence electrons. The fraction of sp³-hybridized carbons (Fsp3) is 0.353. The van der Waals surface area contributed by atoms with Gasteiger partial charge in [-0.05, 0) is 36.2 Å². The van der Waals surface area contributed by atoms with E-state index in [9.17, 15) is 0 Å². The van der Waals surface area contributed by atoms with Crippen LogP contribution in [0.25, 0.3) is 0 Å². The molecule has 0 spiro atoms. The molecule has 1 aromatic heterocycles. The Hall–Kier alpha value is -1.87. The molecule has 0 aliphatic rings. The van der Waals surface area contributed by atoms with Crippen LogP contribution in [0.2, 0.25) is 0 Å². The highest BCUT2D eigenvalue weighted by atomic mass is 16.5. The number of aromatic nitrogens is 1. The lowest BCUT2D eigenvalue weighted by Crippen LogP contribution is -2.12. The van der Waals surface area contributed by atoms with Gasteiger partial charge >= 0.3 is 0 Å². The average Bonchev–Trinajstić information content (AvgIpc) is 2.46. The van der Waals surface area contributed by atoms with Gasteiger partial charge in [0.05, 0.1) is 0 Å². The first-order chi connectivity index (χ1) is 9.69. The highest BCUT2D eigenvalue weighted by molar-refractivity contribution is 5.31. The second kappa shape index (κ2) is 7.06. The van der Waals surface area contributed by atoms with Gasteiger partial charge in [0.2, 0.25) is 5.88 Å². The average molecular weight is 270 g/mol. The summed E-state index contributed by atoms with van der Waals surface area (Å²) >= 11 is 0. The number of hydrogen-bond acceptors (Lipinski definition) is 3. The third-order valence-electron chi connectivity index (χ3n) is 3.02. The Morgan fingerprint density at radius 3 is 2.55 bits per heavy atom. The second-order valence-corrected chi connectivity index (χ2v) is 5.09. The number of ether oxygens (including phenoxy) is 1. The van der Waals surface area contributed by atoms with E-state index in [0.717, 1.165) is 24.5 Å². The van der Waals surface area contributed by atoms with Crippen LogP contribution in [-0.4, -0.2) is 11.5 Å². The van der Waals surface area contributed by atoms with Gasteiger partial charge in [0, 0.05) is 18.3 Å². The van der Waals surface area contributed by atoms with Crippen LogP contribution in [0.5, 0.6) is 11.6 Å². The van der Waals surface area contributed by atoms with Crippen molar-refractivity contribution in [1.29, 1.82) is 0 Å². The molecule has 3 heteroatoms. The molecular formula is C17H22N2O. The van der Waals surface area contributed by atoms with E-state index in [1.54, 1.807) is 0 Å². The maximum absolute atomic E-state index is 5.85. The van der Waals surface area contributed by atoms with Crippen LogP contribution in [0.1, 0.15) is 37.9 Å². The first-order valence-corrected chi connectivity index (χ1v) is 7.13. The smallest absolute Gasteiger partial charge is 0.219 e. The quantitative estimate of drug-likeness (QED) is 0.857. The molecule has 1 aromatic carbocycles. The molecule has 2 rings (SSSR count). The summed E-state index contributed by atoms with van der Waals surface area (Å²) in [6.45, 7) is 8.18. The van der Waals surface area contributed by atoms with Gasteiger partial charge < -0.3 is 10.1 Å². The van der Waals surface area contributed by atoms with Gasteiger partial charge in [-0.2, -0.15) is 0 Å². The monoisotopic (exact) mass is 270 g/mol. The molecular weight excluding hydrogens is 248 g/mol. The third kappa shape index (κ3) is 4.07.